The predicted molar refractivity (Wildman–Crippen MR) is 123 cm³/mol. The summed E-state index contributed by atoms with van der Waals surface area (Å²) in [5.74, 6) is -0.184. The molecule has 4 rings (SSSR count). The van der Waals surface area contributed by atoms with Gasteiger partial charge in [-0.1, -0.05) is 43.2 Å². The Morgan fingerprint density at radius 2 is 1.76 bits per heavy atom. The van der Waals surface area contributed by atoms with Crippen LogP contribution in [-0.4, -0.2) is 59.0 Å². The van der Waals surface area contributed by atoms with Crippen LogP contribution in [-0.2, 0) is 25.7 Å². The van der Waals surface area contributed by atoms with Crippen molar-refractivity contribution in [1.82, 2.24) is 9.80 Å². The second kappa shape index (κ2) is 9.35. The minimum Gasteiger partial charge on any atom is -0.459 e. The SMILES string of the molecule is CC(C)(C)OC(=O)N1CC[C@]2(CCN([C@H](C(=O)OCc3ccccc3)C3CCCC3)C2=O)C1. The van der Waals surface area contributed by atoms with Crippen molar-refractivity contribution in [3.05, 3.63) is 35.9 Å². The van der Waals surface area contributed by atoms with Crippen molar-refractivity contribution in [2.75, 3.05) is 19.6 Å². The van der Waals surface area contributed by atoms with Gasteiger partial charge in [0.15, 0.2) is 0 Å². The Morgan fingerprint density at radius 3 is 2.42 bits per heavy atom. The van der Waals surface area contributed by atoms with Crippen molar-refractivity contribution in [3.8, 4) is 0 Å². The average molecular weight is 457 g/mol. The van der Waals surface area contributed by atoms with Crippen LogP contribution in [0.5, 0.6) is 0 Å². The number of esters is 1. The zero-order chi connectivity index (χ0) is 23.6. The summed E-state index contributed by atoms with van der Waals surface area (Å²) in [5, 5.41) is 0. The lowest BCUT2D eigenvalue weighted by Crippen LogP contribution is -2.49. The molecule has 2 saturated heterocycles. The van der Waals surface area contributed by atoms with Gasteiger partial charge in [0.1, 0.15) is 18.2 Å². The Labute approximate surface area is 196 Å². The maximum Gasteiger partial charge on any atom is 0.410 e. The Hall–Kier alpha value is -2.57. The summed E-state index contributed by atoms with van der Waals surface area (Å²) in [6.07, 6.45) is 4.91. The van der Waals surface area contributed by atoms with Gasteiger partial charge in [-0.05, 0) is 57.9 Å². The molecule has 1 spiro atoms. The van der Waals surface area contributed by atoms with E-state index in [9.17, 15) is 14.4 Å². The quantitative estimate of drug-likeness (QED) is 0.622. The molecule has 2 aliphatic heterocycles. The molecule has 0 radical (unpaired) electrons. The number of ether oxygens (including phenoxy) is 2. The molecule has 7 heteroatoms. The molecule has 33 heavy (non-hydrogen) atoms. The van der Waals surface area contributed by atoms with Crippen LogP contribution in [0, 0.1) is 11.3 Å². The van der Waals surface area contributed by atoms with E-state index in [1.807, 2.05) is 51.1 Å². The van der Waals surface area contributed by atoms with Gasteiger partial charge < -0.3 is 19.3 Å². The Morgan fingerprint density at radius 1 is 1.09 bits per heavy atom. The van der Waals surface area contributed by atoms with E-state index in [-0.39, 0.29) is 30.5 Å². The molecule has 2 heterocycles. The van der Waals surface area contributed by atoms with Crippen LogP contribution in [0.3, 0.4) is 0 Å². The summed E-state index contributed by atoms with van der Waals surface area (Å²) in [6.45, 7) is 7.12. The third-order valence-electron chi connectivity index (χ3n) is 7.20. The molecule has 7 nitrogen and oxygen atoms in total. The van der Waals surface area contributed by atoms with Gasteiger partial charge in [-0.2, -0.15) is 0 Å². The van der Waals surface area contributed by atoms with E-state index in [4.69, 9.17) is 9.47 Å². The fraction of sp³-hybridized carbons (Fsp3) is 0.654. The number of carbonyl (C=O) groups is 3. The predicted octanol–water partition coefficient (Wildman–Crippen LogP) is 4.15. The summed E-state index contributed by atoms with van der Waals surface area (Å²) in [7, 11) is 0. The second-order valence-corrected chi connectivity index (χ2v) is 10.8. The van der Waals surface area contributed by atoms with E-state index in [2.05, 4.69) is 0 Å². The first-order valence-corrected chi connectivity index (χ1v) is 12.2. The van der Waals surface area contributed by atoms with Crippen LogP contribution < -0.4 is 0 Å². The van der Waals surface area contributed by atoms with Crippen LogP contribution in [0.4, 0.5) is 4.79 Å². The van der Waals surface area contributed by atoms with Gasteiger partial charge in [0.2, 0.25) is 5.91 Å². The van der Waals surface area contributed by atoms with E-state index in [0.717, 1.165) is 31.2 Å². The Balaban J connectivity index is 1.45. The van der Waals surface area contributed by atoms with Gasteiger partial charge in [-0.25, -0.2) is 9.59 Å². The smallest absolute Gasteiger partial charge is 0.410 e. The van der Waals surface area contributed by atoms with Crippen LogP contribution in [0.25, 0.3) is 0 Å². The van der Waals surface area contributed by atoms with Crippen LogP contribution in [0.1, 0.15) is 64.9 Å². The molecule has 2 amide bonds. The monoisotopic (exact) mass is 456 g/mol. The van der Waals surface area contributed by atoms with Crippen molar-refractivity contribution in [2.45, 2.75) is 77.5 Å². The third kappa shape index (κ3) is 5.17. The summed E-state index contributed by atoms with van der Waals surface area (Å²) >= 11 is 0. The maximum atomic E-state index is 13.7. The summed E-state index contributed by atoms with van der Waals surface area (Å²) < 4.78 is 11.2. The topological polar surface area (TPSA) is 76.2 Å². The Bertz CT molecular complexity index is 874. The first kappa shape index (κ1) is 23.6. The number of likely N-dealkylation sites (tertiary alicyclic amines) is 2. The van der Waals surface area contributed by atoms with Crippen molar-refractivity contribution in [1.29, 1.82) is 0 Å². The lowest BCUT2D eigenvalue weighted by molar-refractivity contribution is -0.159. The molecule has 0 N–H and O–H groups in total. The maximum absolute atomic E-state index is 13.7. The first-order valence-electron chi connectivity index (χ1n) is 12.2. The minimum absolute atomic E-state index is 0.0119. The van der Waals surface area contributed by atoms with Gasteiger partial charge in [-0.3, -0.25) is 4.79 Å². The molecule has 2 atom stereocenters. The molecule has 3 aliphatic rings. The molecule has 0 bridgehead atoms. The minimum atomic E-state index is -0.618. The van der Waals surface area contributed by atoms with Crippen molar-refractivity contribution >= 4 is 18.0 Å². The summed E-state index contributed by atoms with van der Waals surface area (Å²) in [4.78, 5) is 42.9. The average Bonchev–Trinajstić information content (AvgIpc) is 3.51. The first-order chi connectivity index (χ1) is 15.7. The largest absolute Gasteiger partial charge is 0.459 e. The van der Waals surface area contributed by atoms with E-state index < -0.39 is 17.1 Å². The fourth-order valence-electron chi connectivity index (χ4n) is 5.51. The van der Waals surface area contributed by atoms with Gasteiger partial charge in [0, 0.05) is 19.6 Å². The van der Waals surface area contributed by atoms with Crippen molar-refractivity contribution in [3.63, 3.8) is 0 Å². The van der Waals surface area contributed by atoms with E-state index in [0.29, 0.717) is 32.5 Å². The lowest BCUT2D eigenvalue weighted by atomic mass is 9.85. The van der Waals surface area contributed by atoms with E-state index in [1.165, 1.54) is 0 Å². The molecular weight excluding hydrogens is 420 g/mol. The molecule has 1 saturated carbocycles. The molecule has 3 fully saturated rings. The molecule has 1 aromatic rings. The second-order valence-electron chi connectivity index (χ2n) is 10.8. The molecule has 0 aromatic heterocycles. The lowest BCUT2D eigenvalue weighted by Gasteiger charge is -2.32. The number of carbonyl (C=O) groups excluding carboxylic acids is 3. The van der Waals surface area contributed by atoms with Crippen LogP contribution in [0.2, 0.25) is 0 Å². The highest BCUT2D eigenvalue weighted by Gasteiger charge is 2.55. The number of nitrogens with zero attached hydrogens (tertiary/aromatic N) is 2. The van der Waals surface area contributed by atoms with Crippen molar-refractivity contribution < 1.29 is 23.9 Å². The Kier molecular flexibility index (Phi) is 6.68. The number of hydrogen-bond donors (Lipinski definition) is 0. The van der Waals surface area contributed by atoms with E-state index >= 15 is 0 Å². The highest BCUT2D eigenvalue weighted by molar-refractivity contribution is 5.91. The number of amides is 2. The zero-order valence-corrected chi connectivity index (χ0v) is 20.0. The van der Waals surface area contributed by atoms with Gasteiger partial charge >= 0.3 is 12.1 Å². The van der Waals surface area contributed by atoms with Crippen molar-refractivity contribution in [2.24, 2.45) is 11.3 Å². The number of hydrogen-bond acceptors (Lipinski definition) is 5. The molecule has 1 aliphatic carbocycles. The summed E-state index contributed by atoms with van der Waals surface area (Å²) in [6, 6.07) is 9.08. The van der Waals surface area contributed by atoms with E-state index in [1.54, 1.807) is 9.80 Å². The van der Waals surface area contributed by atoms with Gasteiger partial charge in [0.25, 0.3) is 0 Å². The molecule has 0 unspecified atom stereocenters. The normalized spacial score (nSPS) is 24.5. The van der Waals surface area contributed by atoms with Crippen LogP contribution in [0.15, 0.2) is 30.3 Å². The highest BCUT2D eigenvalue weighted by Crippen LogP contribution is 2.44. The highest BCUT2D eigenvalue weighted by atomic mass is 16.6. The van der Waals surface area contributed by atoms with Gasteiger partial charge in [-0.15, -0.1) is 0 Å². The molecular formula is C26H36N2O5. The summed E-state index contributed by atoms with van der Waals surface area (Å²) in [5.41, 5.74) is -0.258. The fourth-order valence-corrected chi connectivity index (χ4v) is 5.51. The van der Waals surface area contributed by atoms with Crippen LogP contribution >= 0.6 is 0 Å². The molecule has 1 aromatic carbocycles. The zero-order valence-electron chi connectivity index (χ0n) is 20.0. The number of benzene rings is 1. The molecule has 180 valence electrons. The standard InChI is InChI=1S/C26H36N2O5/c1-25(2,3)33-24(31)27-15-13-26(18-27)14-16-28(23(26)30)21(20-11-7-8-12-20)22(29)32-17-19-9-5-4-6-10-19/h4-6,9-10,20-21H,7-8,11-18H2,1-3H3/t21-,26-/m0/s1. The van der Waals surface area contributed by atoms with Gasteiger partial charge in [0.05, 0.1) is 5.41 Å². The number of rotatable bonds is 5. The third-order valence-corrected chi connectivity index (χ3v) is 7.20.